The number of rotatable bonds is 6. The highest BCUT2D eigenvalue weighted by molar-refractivity contribution is 7.89. The molecule has 1 aromatic carbocycles. The monoisotopic (exact) mass is 383 g/mol. The molecule has 0 amide bonds. The van der Waals surface area contributed by atoms with Gasteiger partial charge in [-0.3, -0.25) is 0 Å². The van der Waals surface area contributed by atoms with Crippen molar-refractivity contribution in [2.45, 2.75) is 17.4 Å². The van der Waals surface area contributed by atoms with Gasteiger partial charge in [-0.05, 0) is 24.6 Å². The zero-order chi connectivity index (χ0) is 18.7. The van der Waals surface area contributed by atoms with Gasteiger partial charge < -0.3 is 14.2 Å². The second-order valence-electron chi connectivity index (χ2n) is 5.56. The molecule has 1 saturated heterocycles. The quantitative estimate of drug-likeness (QED) is 0.746. The van der Waals surface area contributed by atoms with Gasteiger partial charge in [0.05, 0.1) is 20.8 Å². The van der Waals surface area contributed by atoms with Crippen LogP contribution in [0.25, 0.3) is 0 Å². The molecule has 0 spiro atoms. The van der Waals surface area contributed by atoms with Gasteiger partial charge in [0.25, 0.3) is 11.8 Å². The molecule has 8 nitrogen and oxygen atoms in total. The van der Waals surface area contributed by atoms with E-state index in [1.807, 2.05) is 0 Å². The standard InChI is InChI=1S/C16H18FN3O5S/c1-23-13-4-3-11(17)9-14(13)26(21,22)20-8-5-12(10-20)25-16-15(24-2)18-6-7-19-16/h3-4,6-7,9,12H,5,8,10H2,1-2H3/t12-/m0/s1. The van der Waals surface area contributed by atoms with Gasteiger partial charge in [0.2, 0.25) is 10.0 Å². The molecule has 1 aliphatic rings. The fourth-order valence-electron chi connectivity index (χ4n) is 2.69. The van der Waals surface area contributed by atoms with E-state index in [1.54, 1.807) is 0 Å². The predicted octanol–water partition coefficient (Wildman–Crippen LogP) is 1.47. The van der Waals surface area contributed by atoms with Crippen LogP contribution in [-0.4, -0.2) is 56.1 Å². The van der Waals surface area contributed by atoms with Gasteiger partial charge >= 0.3 is 0 Å². The Bertz CT molecular complexity index is 893. The Morgan fingerprint density at radius 3 is 2.58 bits per heavy atom. The van der Waals surface area contributed by atoms with Gasteiger partial charge in [0, 0.05) is 18.9 Å². The molecule has 0 bridgehead atoms. The van der Waals surface area contributed by atoms with Crippen LogP contribution in [0.1, 0.15) is 6.42 Å². The summed E-state index contributed by atoms with van der Waals surface area (Å²) < 4.78 is 56.4. The average molecular weight is 383 g/mol. The smallest absolute Gasteiger partial charge is 0.278 e. The summed E-state index contributed by atoms with van der Waals surface area (Å²) in [5, 5.41) is 0. The fraction of sp³-hybridized carbons (Fsp3) is 0.375. The third kappa shape index (κ3) is 3.56. The molecule has 0 aliphatic carbocycles. The molecule has 0 radical (unpaired) electrons. The van der Waals surface area contributed by atoms with Crippen LogP contribution in [0.15, 0.2) is 35.5 Å². The maximum absolute atomic E-state index is 13.6. The average Bonchev–Trinajstić information content (AvgIpc) is 3.11. The molecule has 2 heterocycles. The van der Waals surface area contributed by atoms with E-state index in [4.69, 9.17) is 14.2 Å². The van der Waals surface area contributed by atoms with Crippen LogP contribution >= 0.6 is 0 Å². The Morgan fingerprint density at radius 1 is 1.15 bits per heavy atom. The van der Waals surface area contributed by atoms with Crippen LogP contribution in [0.5, 0.6) is 17.5 Å². The van der Waals surface area contributed by atoms with Gasteiger partial charge in [-0.1, -0.05) is 0 Å². The summed E-state index contributed by atoms with van der Waals surface area (Å²) in [5.41, 5.74) is 0. The lowest BCUT2D eigenvalue weighted by atomic mass is 10.3. The lowest BCUT2D eigenvalue weighted by Gasteiger charge is -2.19. The van der Waals surface area contributed by atoms with Crippen molar-refractivity contribution in [3.05, 3.63) is 36.4 Å². The number of ether oxygens (including phenoxy) is 3. The Hall–Kier alpha value is -2.46. The van der Waals surface area contributed by atoms with Crippen LogP contribution < -0.4 is 14.2 Å². The molecule has 2 aromatic rings. The van der Waals surface area contributed by atoms with Crippen molar-refractivity contribution in [1.29, 1.82) is 0 Å². The highest BCUT2D eigenvalue weighted by atomic mass is 32.2. The summed E-state index contributed by atoms with van der Waals surface area (Å²) in [6.45, 7) is 0.330. The number of hydrogen-bond acceptors (Lipinski definition) is 7. The lowest BCUT2D eigenvalue weighted by molar-refractivity contribution is 0.194. The van der Waals surface area contributed by atoms with E-state index in [2.05, 4.69) is 9.97 Å². The highest BCUT2D eigenvalue weighted by Gasteiger charge is 2.36. The number of benzene rings is 1. The van der Waals surface area contributed by atoms with Crippen molar-refractivity contribution in [3.8, 4) is 17.5 Å². The molecule has 0 N–H and O–H groups in total. The van der Waals surface area contributed by atoms with E-state index < -0.39 is 21.9 Å². The normalized spacial score (nSPS) is 17.9. The summed E-state index contributed by atoms with van der Waals surface area (Å²) in [6, 6.07) is 3.39. The molecule has 10 heteroatoms. The Labute approximate surface area is 150 Å². The van der Waals surface area contributed by atoms with Crippen molar-refractivity contribution in [2.24, 2.45) is 0 Å². The summed E-state index contributed by atoms with van der Waals surface area (Å²) in [6.07, 6.45) is 2.96. The van der Waals surface area contributed by atoms with E-state index in [0.717, 1.165) is 12.1 Å². The highest BCUT2D eigenvalue weighted by Crippen LogP contribution is 2.31. The van der Waals surface area contributed by atoms with Gasteiger partial charge in [-0.25, -0.2) is 22.8 Å². The minimum atomic E-state index is -3.92. The van der Waals surface area contributed by atoms with E-state index in [9.17, 15) is 12.8 Å². The maximum Gasteiger partial charge on any atom is 0.278 e. The number of nitrogens with zero attached hydrogens (tertiary/aromatic N) is 3. The number of methoxy groups -OCH3 is 2. The zero-order valence-corrected chi connectivity index (χ0v) is 15.1. The molecule has 1 fully saturated rings. The molecule has 26 heavy (non-hydrogen) atoms. The number of aromatic nitrogens is 2. The summed E-state index contributed by atoms with van der Waals surface area (Å²) in [5.74, 6) is -0.143. The Morgan fingerprint density at radius 2 is 1.88 bits per heavy atom. The van der Waals surface area contributed by atoms with E-state index in [1.165, 1.54) is 37.0 Å². The first kappa shape index (κ1) is 18.3. The molecule has 1 aromatic heterocycles. The molecule has 0 saturated carbocycles. The van der Waals surface area contributed by atoms with Crippen molar-refractivity contribution < 1.29 is 27.0 Å². The first-order valence-electron chi connectivity index (χ1n) is 7.81. The van der Waals surface area contributed by atoms with Crippen molar-refractivity contribution in [1.82, 2.24) is 14.3 Å². The first-order chi connectivity index (χ1) is 12.5. The van der Waals surface area contributed by atoms with Gasteiger partial charge in [0.15, 0.2) is 0 Å². The molecule has 1 atom stereocenters. The lowest BCUT2D eigenvalue weighted by Crippen LogP contribution is -2.31. The number of hydrogen-bond donors (Lipinski definition) is 0. The van der Waals surface area contributed by atoms with Crippen LogP contribution in [0.2, 0.25) is 0 Å². The topological polar surface area (TPSA) is 90.9 Å². The summed E-state index contributed by atoms with van der Waals surface area (Å²) in [7, 11) is -1.15. The van der Waals surface area contributed by atoms with Gasteiger partial charge in [-0.2, -0.15) is 4.31 Å². The van der Waals surface area contributed by atoms with Crippen LogP contribution in [0.4, 0.5) is 4.39 Å². The first-order valence-corrected chi connectivity index (χ1v) is 9.25. The number of sulfonamides is 1. The Kier molecular flexibility index (Phi) is 5.23. The zero-order valence-electron chi connectivity index (χ0n) is 14.3. The van der Waals surface area contributed by atoms with Crippen LogP contribution in [-0.2, 0) is 10.0 Å². The second-order valence-corrected chi connectivity index (χ2v) is 7.46. The minimum absolute atomic E-state index is 0.0892. The molecular weight excluding hydrogens is 365 g/mol. The molecule has 140 valence electrons. The van der Waals surface area contributed by atoms with E-state index in [-0.39, 0.29) is 35.5 Å². The third-order valence-electron chi connectivity index (χ3n) is 3.96. The van der Waals surface area contributed by atoms with E-state index in [0.29, 0.717) is 6.42 Å². The largest absolute Gasteiger partial charge is 0.495 e. The summed E-state index contributed by atoms with van der Waals surface area (Å²) in [4.78, 5) is 7.83. The molecule has 1 aliphatic heterocycles. The van der Waals surface area contributed by atoms with Gasteiger partial charge in [-0.15, -0.1) is 0 Å². The molecular formula is C16H18FN3O5S. The Balaban J connectivity index is 1.79. The van der Waals surface area contributed by atoms with Crippen molar-refractivity contribution >= 4 is 10.0 Å². The molecule has 0 unspecified atom stereocenters. The van der Waals surface area contributed by atoms with E-state index >= 15 is 0 Å². The summed E-state index contributed by atoms with van der Waals surface area (Å²) >= 11 is 0. The van der Waals surface area contributed by atoms with Crippen molar-refractivity contribution in [2.75, 3.05) is 27.3 Å². The minimum Gasteiger partial charge on any atom is -0.495 e. The van der Waals surface area contributed by atoms with Gasteiger partial charge in [0.1, 0.15) is 22.6 Å². The number of halogens is 1. The van der Waals surface area contributed by atoms with Crippen molar-refractivity contribution in [3.63, 3.8) is 0 Å². The third-order valence-corrected chi connectivity index (χ3v) is 5.84. The predicted molar refractivity (Wildman–Crippen MR) is 89.3 cm³/mol. The molecule has 3 rings (SSSR count). The fourth-order valence-corrected chi connectivity index (χ4v) is 4.35. The van der Waals surface area contributed by atoms with Crippen LogP contribution in [0, 0.1) is 5.82 Å². The van der Waals surface area contributed by atoms with Crippen LogP contribution in [0.3, 0.4) is 0 Å². The maximum atomic E-state index is 13.6. The second kappa shape index (κ2) is 7.42. The SMILES string of the molecule is COc1ccc(F)cc1S(=O)(=O)N1CC[C@H](Oc2nccnc2OC)C1.